The summed E-state index contributed by atoms with van der Waals surface area (Å²) in [6.45, 7) is 6.07. The van der Waals surface area contributed by atoms with E-state index in [0.29, 0.717) is 28.7 Å². The fraction of sp³-hybridized carbons (Fsp3) is 0.143. The minimum atomic E-state index is -0.514. The van der Waals surface area contributed by atoms with Crippen molar-refractivity contribution in [2.24, 2.45) is 4.99 Å². The van der Waals surface area contributed by atoms with Crippen LogP contribution in [0.2, 0.25) is 5.02 Å². The van der Waals surface area contributed by atoms with Crippen LogP contribution in [0.1, 0.15) is 18.1 Å². The molecule has 5 nitrogen and oxygen atoms in total. The van der Waals surface area contributed by atoms with Crippen molar-refractivity contribution in [1.82, 2.24) is 0 Å². The maximum atomic E-state index is 12.2. The lowest BCUT2D eigenvalue weighted by atomic mass is 10.1. The van der Waals surface area contributed by atoms with Crippen LogP contribution in [0.25, 0.3) is 6.08 Å². The van der Waals surface area contributed by atoms with Crippen molar-refractivity contribution < 1.29 is 19.0 Å². The molecule has 27 heavy (non-hydrogen) atoms. The third kappa shape index (κ3) is 4.57. The molecule has 0 amide bonds. The molecule has 0 aromatic heterocycles. The molecule has 1 aliphatic rings. The first-order valence-corrected chi connectivity index (χ1v) is 8.58. The molecule has 0 N–H and O–H groups in total. The molecule has 0 unspecified atom stereocenters. The standard InChI is InChI=1S/C21H18ClNO4/c1-13(2)12-26-19-11-14(4-9-18(19)25-3)10-17-21(24)27-20(23-17)15-5-7-16(22)8-6-15/h4-11H,1,12H2,2-3H3. The van der Waals surface area contributed by atoms with E-state index in [1.165, 1.54) is 0 Å². The summed E-state index contributed by atoms with van der Waals surface area (Å²) in [6.07, 6.45) is 1.64. The van der Waals surface area contributed by atoms with Crippen LogP contribution in [0.3, 0.4) is 0 Å². The van der Waals surface area contributed by atoms with E-state index in [2.05, 4.69) is 11.6 Å². The Balaban J connectivity index is 1.88. The van der Waals surface area contributed by atoms with E-state index in [9.17, 15) is 4.79 Å². The molecule has 138 valence electrons. The van der Waals surface area contributed by atoms with E-state index in [-0.39, 0.29) is 11.6 Å². The van der Waals surface area contributed by atoms with Crippen LogP contribution in [0.4, 0.5) is 0 Å². The molecule has 1 heterocycles. The number of cyclic esters (lactones) is 1. The van der Waals surface area contributed by atoms with Gasteiger partial charge in [0.25, 0.3) is 0 Å². The summed E-state index contributed by atoms with van der Waals surface area (Å²) >= 11 is 5.88. The Morgan fingerprint density at radius 3 is 2.63 bits per heavy atom. The minimum Gasteiger partial charge on any atom is -0.493 e. The summed E-state index contributed by atoms with van der Waals surface area (Å²) in [5.41, 5.74) is 2.50. The Labute approximate surface area is 162 Å². The summed E-state index contributed by atoms with van der Waals surface area (Å²) in [4.78, 5) is 16.4. The average Bonchev–Trinajstić information content (AvgIpc) is 3.01. The van der Waals surface area contributed by atoms with Crippen molar-refractivity contribution in [1.29, 1.82) is 0 Å². The molecule has 1 aliphatic heterocycles. The number of hydrogen-bond acceptors (Lipinski definition) is 5. The van der Waals surface area contributed by atoms with E-state index in [1.54, 1.807) is 49.6 Å². The summed E-state index contributed by atoms with van der Waals surface area (Å²) in [7, 11) is 1.57. The Hall–Kier alpha value is -3.05. The van der Waals surface area contributed by atoms with E-state index < -0.39 is 5.97 Å². The van der Waals surface area contributed by atoms with Crippen molar-refractivity contribution in [2.75, 3.05) is 13.7 Å². The molecule has 0 saturated heterocycles. The van der Waals surface area contributed by atoms with E-state index in [1.807, 2.05) is 13.0 Å². The van der Waals surface area contributed by atoms with Crippen LogP contribution in [0.15, 0.2) is 65.3 Å². The number of carbonyl (C=O) groups is 1. The van der Waals surface area contributed by atoms with Crippen LogP contribution in [0, 0.1) is 0 Å². The van der Waals surface area contributed by atoms with Gasteiger partial charge in [-0.25, -0.2) is 9.79 Å². The van der Waals surface area contributed by atoms with Gasteiger partial charge in [0.2, 0.25) is 5.90 Å². The second-order valence-corrected chi connectivity index (χ2v) is 6.44. The highest BCUT2D eigenvalue weighted by Gasteiger charge is 2.24. The first-order valence-electron chi connectivity index (χ1n) is 8.20. The van der Waals surface area contributed by atoms with Gasteiger partial charge in [0.1, 0.15) is 6.61 Å². The lowest BCUT2D eigenvalue weighted by Crippen LogP contribution is -2.05. The van der Waals surface area contributed by atoms with Gasteiger partial charge in [-0.05, 0) is 60.5 Å². The molecule has 0 atom stereocenters. The van der Waals surface area contributed by atoms with Crippen LogP contribution in [0.5, 0.6) is 11.5 Å². The van der Waals surface area contributed by atoms with Gasteiger partial charge in [-0.15, -0.1) is 0 Å². The molecule has 0 aliphatic carbocycles. The Morgan fingerprint density at radius 2 is 1.96 bits per heavy atom. The number of benzene rings is 2. The number of halogens is 1. The molecule has 0 radical (unpaired) electrons. The van der Waals surface area contributed by atoms with Crippen molar-refractivity contribution in [3.05, 3.63) is 76.5 Å². The normalized spacial score (nSPS) is 14.7. The first-order chi connectivity index (χ1) is 13.0. The Kier molecular flexibility index (Phi) is 5.62. The molecule has 0 fully saturated rings. The van der Waals surface area contributed by atoms with Gasteiger partial charge in [-0.2, -0.15) is 0 Å². The summed E-state index contributed by atoms with van der Waals surface area (Å²) in [5.74, 6) is 0.885. The Morgan fingerprint density at radius 1 is 1.22 bits per heavy atom. The fourth-order valence-electron chi connectivity index (χ4n) is 2.38. The Bertz CT molecular complexity index is 945. The first kappa shape index (κ1) is 18.7. The quantitative estimate of drug-likeness (QED) is 0.414. The molecule has 2 aromatic rings. The second kappa shape index (κ2) is 8.10. The SMILES string of the molecule is C=C(C)COc1cc(C=C2N=C(c3ccc(Cl)cc3)OC2=O)ccc1OC. The summed E-state index contributed by atoms with van der Waals surface area (Å²) < 4.78 is 16.3. The molecular weight excluding hydrogens is 366 g/mol. The summed E-state index contributed by atoms with van der Waals surface area (Å²) in [6, 6.07) is 12.3. The second-order valence-electron chi connectivity index (χ2n) is 6.00. The zero-order valence-electron chi connectivity index (χ0n) is 15.0. The van der Waals surface area contributed by atoms with Gasteiger partial charge in [-0.3, -0.25) is 0 Å². The molecule has 0 spiro atoms. The predicted molar refractivity (Wildman–Crippen MR) is 105 cm³/mol. The number of methoxy groups -OCH3 is 1. The number of esters is 1. The lowest BCUT2D eigenvalue weighted by molar-refractivity contribution is -0.129. The van der Waals surface area contributed by atoms with Gasteiger partial charge >= 0.3 is 5.97 Å². The molecule has 6 heteroatoms. The monoisotopic (exact) mass is 383 g/mol. The maximum absolute atomic E-state index is 12.2. The largest absolute Gasteiger partial charge is 0.493 e. The van der Waals surface area contributed by atoms with Crippen molar-refractivity contribution in [3.8, 4) is 11.5 Å². The molecule has 0 saturated carbocycles. The third-order valence-electron chi connectivity index (χ3n) is 3.68. The van der Waals surface area contributed by atoms with Crippen LogP contribution < -0.4 is 9.47 Å². The third-order valence-corrected chi connectivity index (χ3v) is 3.93. The minimum absolute atomic E-state index is 0.205. The highest BCUT2D eigenvalue weighted by atomic mass is 35.5. The number of aliphatic imine (C=N–C) groups is 1. The van der Waals surface area contributed by atoms with E-state index in [0.717, 1.165) is 11.1 Å². The molecule has 0 bridgehead atoms. The molecular formula is C21H18ClNO4. The lowest BCUT2D eigenvalue weighted by Gasteiger charge is -2.11. The average molecular weight is 384 g/mol. The van der Waals surface area contributed by atoms with Gasteiger partial charge in [0.05, 0.1) is 7.11 Å². The van der Waals surface area contributed by atoms with Gasteiger partial charge < -0.3 is 14.2 Å². The van der Waals surface area contributed by atoms with Crippen molar-refractivity contribution in [3.63, 3.8) is 0 Å². The van der Waals surface area contributed by atoms with Crippen LogP contribution in [-0.2, 0) is 9.53 Å². The molecule has 2 aromatic carbocycles. The van der Waals surface area contributed by atoms with Gasteiger partial charge in [-0.1, -0.05) is 24.2 Å². The number of ether oxygens (including phenoxy) is 3. The predicted octanol–water partition coefficient (Wildman–Crippen LogP) is 4.65. The smallest absolute Gasteiger partial charge is 0.363 e. The number of carbonyl (C=O) groups excluding carboxylic acids is 1. The maximum Gasteiger partial charge on any atom is 0.363 e. The highest BCUT2D eigenvalue weighted by Crippen LogP contribution is 2.30. The van der Waals surface area contributed by atoms with Crippen LogP contribution in [-0.4, -0.2) is 25.6 Å². The van der Waals surface area contributed by atoms with Gasteiger partial charge in [0.15, 0.2) is 17.2 Å². The topological polar surface area (TPSA) is 57.1 Å². The highest BCUT2D eigenvalue weighted by molar-refractivity contribution is 6.30. The molecule has 3 rings (SSSR count). The van der Waals surface area contributed by atoms with Gasteiger partial charge in [0, 0.05) is 10.6 Å². The van der Waals surface area contributed by atoms with Crippen molar-refractivity contribution >= 4 is 29.5 Å². The zero-order valence-corrected chi connectivity index (χ0v) is 15.7. The zero-order chi connectivity index (χ0) is 19.4. The number of nitrogens with zero attached hydrogens (tertiary/aromatic N) is 1. The number of hydrogen-bond donors (Lipinski definition) is 0. The number of rotatable bonds is 6. The van der Waals surface area contributed by atoms with E-state index >= 15 is 0 Å². The van der Waals surface area contributed by atoms with Crippen molar-refractivity contribution in [2.45, 2.75) is 6.92 Å². The summed E-state index contributed by atoms with van der Waals surface area (Å²) in [5, 5.41) is 0.597. The van der Waals surface area contributed by atoms with E-state index in [4.69, 9.17) is 25.8 Å². The van der Waals surface area contributed by atoms with Crippen LogP contribution >= 0.6 is 11.6 Å². The fourth-order valence-corrected chi connectivity index (χ4v) is 2.51.